The summed E-state index contributed by atoms with van der Waals surface area (Å²) >= 11 is 0. The van der Waals surface area contributed by atoms with Crippen LogP contribution < -0.4 is 21.2 Å². The molecule has 0 spiro atoms. The van der Waals surface area contributed by atoms with Crippen LogP contribution in [-0.2, 0) is 10.1 Å². The van der Waals surface area contributed by atoms with Crippen LogP contribution in [0.1, 0.15) is 5.56 Å². The molecule has 0 aliphatic rings. The van der Waals surface area contributed by atoms with Crippen molar-refractivity contribution in [2.45, 2.75) is 4.90 Å². The van der Waals surface area contributed by atoms with Crippen LogP contribution in [0.4, 0.5) is 0 Å². The second-order valence-electron chi connectivity index (χ2n) is 8.24. The summed E-state index contributed by atoms with van der Waals surface area (Å²) in [7, 11) is -6.22. The smallest absolute Gasteiger partial charge is 0.144 e. The molecule has 5 aromatic carbocycles. The van der Waals surface area contributed by atoms with Crippen molar-refractivity contribution in [2.24, 2.45) is 0 Å². The van der Waals surface area contributed by atoms with E-state index in [1.54, 1.807) is 6.08 Å². The monoisotopic (exact) mass is 522 g/mol. The summed E-state index contributed by atoms with van der Waals surface area (Å²) in [4.78, 5) is -0.215. The molecule has 0 radical (unpaired) electrons. The maximum Gasteiger partial charge on any atom is 0.144 e. The van der Waals surface area contributed by atoms with Crippen molar-refractivity contribution in [1.29, 1.82) is 0 Å². The molecule has 0 saturated heterocycles. The van der Waals surface area contributed by atoms with Crippen molar-refractivity contribution in [3.05, 3.63) is 158 Å². The minimum atomic E-state index is -4.31. The fourth-order valence-corrected chi connectivity index (χ4v) is 9.01. The van der Waals surface area contributed by atoms with Crippen LogP contribution in [0.25, 0.3) is 6.08 Å². The largest absolute Gasteiger partial charge is 0.744 e. The van der Waals surface area contributed by atoms with Gasteiger partial charge in [-0.3, -0.25) is 0 Å². The van der Waals surface area contributed by atoms with E-state index in [9.17, 15) is 13.0 Å². The number of hydrogen-bond donors (Lipinski definition) is 0. The predicted molar refractivity (Wildman–Crippen MR) is 156 cm³/mol. The molecule has 0 saturated carbocycles. The lowest BCUT2D eigenvalue weighted by Gasteiger charge is -2.27. The van der Waals surface area contributed by atoms with Crippen LogP contribution in [0.15, 0.2) is 157 Å². The number of hydrogen-bond acceptors (Lipinski definition) is 3. The van der Waals surface area contributed by atoms with Gasteiger partial charge in [0.2, 0.25) is 0 Å². The van der Waals surface area contributed by atoms with E-state index in [2.05, 4.69) is 128 Å². The van der Waals surface area contributed by atoms with Gasteiger partial charge < -0.3 is 4.55 Å². The first-order chi connectivity index (χ1) is 18.0. The zero-order chi connectivity index (χ0) is 26.1. The van der Waals surface area contributed by atoms with Crippen molar-refractivity contribution < 1.29 is 13.0 Å². The van der Waals surface area contributed by atoms with Crippen molar-refractivity contribution >= 4 is 44.7 Å². The highest BCUT2D eigenvalue weighted by molar-refractivity contribution is 8.01. The minimum absolute atomic E-state index is 0.215. The SMILES string of the molecule is C=Cc1ccc(S(=O)(=O)[O-])cc1.c1ccc([P+](c2ccccc2)(c2ccccc2)c2ccccc2)cc1. The fraction of sp³-hybridized carbons (Fsp3) is 0. The van der Waals surface area contributed by atoms with Gasteiger partial charge in [-0.15, -0.1) is 0 Å². The van der Waals surface area contributed by atoms with E-state index in [0.29, 0.717) is 0 Å². The summed E-state index contributed by atoms with van der Waals surface area (Å²) < 4.78 is 31.4. The Morgan fingerprint density at radius 1 is 0.514 bits per heavy atom. The van der Waals surface area contributed by atoms with Crippen LogP contribution in [0, 0.1) is 0 Å². The highest BCUT2D eigenvalue weighted by Crippen LogP contribution is 2.53. The number of benzene rings is 5. The summed E-state index contributed by atoms with van der Waals surface area (Å²) in [5, 5.41) is 5.55. The molecule has 0 aliphatic carbocycles. The molecule has 5 heteroatoms. The molecule has 5 rings (SSSR count). The van der Waals surface area contributed by atoms with Gasteiger partial charge in [-0.05, 0) is 66.2 Å². The third kappa shape index (κ3) is 5.95. The lowest BCUT2D eigenvalue weighted by Crippen LogP contribution is -2.38. The van der Waals surface area contributed by atoms with Gasteiger partial charge in [-0.25, -0.2) is 8.42 Å². The molecule has 0 unspecified atom stereocenters. The summed E-state index contributed by atoms with van der Waals surface area (Å²) in [6, 6.07) is 49.4. The Morgan fingerprint density at radius 2 is 0.811 bits per heavy atom. The topological polar surface area (TPSA) is 57.2 Å². The molecular formula is C32H27O3PS. The maximum atomic E-state index is 10.5. The van der Waals surface area contributed by atoms with Crippen molar-refractivity contribution in [3.63, 3.8) is 0 Å². The molecule has 3 nitrogen and oxygen atoms in total. The molecule has 0 bridgehead atoms. The first-order valence-corrected chi connectivity index (χ1v) is 15.0. The van der Waals surface area contributed by atoms with Gasteiger partial charge in [-0.1, -0.05) is 97.6 Å². The molecule has 5 aromatic rings. The highest BCUT2D eigenvalue weighted by atomic mass is 32.2. The Labute approximate surface area is 219 Å². The lowest BCUT2D eigenvalue weighted by atomic mass is 10.2. The molecule has 184 valence electrons. The van der Waals surface area contributed by atoms with Crippen molar-refractivity contribution in [2.75, 3.05) is 0 Å². The van der Waals surface area contributed by atoms with E-state index >= 15 is 0 Å². The normalized spacial score (nSPS) is 11.2. The molecule has 0 fully saturated rings. The molecular weight excluding hydrogens is 495 g/mol. The van der Waals surface area contributed by atoms with Crippen LogP contribution >= 0.6 is 7.26 Å². The molecule has 0 atom stereocenters. The fourth-order valence-electron chi connectivity index (χ4n) is 4.27. The zero-order valence-corrected chi connectivity index (χ0v) is 21.9. The summed E-state index contributed by atoms with van der Waals surface area (Å²) in [5.41, 5.74) is 0.780. The minimum Gasteiger partial charge on any atom is -0.744 e. The van der Waals surface area contributed by atoms with E-state index in [0.717, 1.165) is 5.56 Å². The Bertz CT molecular complexity index is 1360. The average molecular weight is 523 g/mol. The van der Waals surface area contributed by atoms with Gasteiger partial charge in [-0.2, -0.15) is 0 Å². The zero-order valence-electron chi connectivity index (χ0n) is 20.2. The van der Waals surface area contributed by atoms with E-state index in [1.165, 1.54) is 45.5 Å². The Kier molecular flexibility index (Phi) is 8.47. The van der Waals surface area contributed by atoms with E-state index in [1.807, 2.05) is 0 Å². The Morgan fingerprint density at radius 3 is 1.05 bits per heavy atom. The summed E-state index contributed by atoms with van der Waals surface area (Å²) in [6.45, 7) is 3.50. The second kappa shape index (κ2) is 11.9. The second-order valence-corrected chi connectivity index (χ2v) is 13.0. The molecule has 0 aromatic heterocycles. The molecule has 0 heterocycles. The standard InChI is InChI=1S/C24H20P.C8H8O3S/c1-5-13-21(14-6-1)25(22-15-7-2-8-16-22,23-17-9-3-10-18-23)24-19-11-4-12-20-24;1-2-7-3-5-8(6-4-7)12(9,10)11/h1-20H;2-6H,1H2,(H,9,10,11)/q+1;/p-1. The third-order valence-electron chi connectivity index (χ3n) is 5.98. The summed E-state index contributed by atoms with van der Waals surface area (Å²) in [5.74, 6) is 0. The average Bonchev–Trinajstić information content (AvgIpc) is 2.96. The van der Waals surface area contributed by atoms with Crippen molar-refractivity contribution in [1.82, 2.24) is 0 Å². The van der Waals surface area contributed by atoms with E-state index in [-0.39, 0.29) is 4.90 Å². The van der Waals surface area contributed by atoms with E-state index < -0.39 is 17.4 Å². The van der Waals surface area contributed by atoms with Crippen molar-refractivity contribution in [3.8, 4) is 0 Å². The van der Waals surface area contributed by atoms with Gasteiger partial charge in [0.25, 0.3) is 0 Å². The van der Waals surface area contributed by atoms with Crippen LogP contribution in [-0.4, -0.2) is 13.0 Å². The summed E-state index contributed by atoms with van der Waals surface area (Å²) in [6.07, 6.45) is 1.57. The Hall–Kier alpha value is -3.82. The molecule has 0 aliphatic heterocycles. The van der Waals surface area contributed by atoms with Crippen LogP contribution in [0.5, 0.6) is 0 Å². The lowest BCUT2D eigenvalue weighted by molar-refractivity contribution is 0.463. The predicted octanol–water partition coefficient (Wildman–Crippen LogP) is 5.54. The van der Waals surface area contributed by atoms with Gasteiger partial charge in [0, 0.05) is 0 Å². The number of rotatable bonds is 6. The Balaban J connectivity index is 0.000000225. The van der Waals surface area contributed by atoms with Gasteiger partial charge in [0.15, 0.2) is 0 Å². The van der Waals surface area contributed by atoms with Crippen LogP contribution in [0.3, 0.4) is 0 Å². The molecule has 0 N–H and O–H groups in total. The third-order valence-corrected chi connectivity index (χ3v) is 11.1. The highest BCUT2D eigenvalue weighted by Gasteiger charge is 2.47. The maximum absolute atomic E-state index is 10.5. The van der Waals surface area contributed by atoms with Gasteiger partial charge in [0.05, 0.1) is 4.90 Å². The van der Waals surface area contributed by atoms with Gasteiger partial charge >= 0.3 is 0 Å². The van der Waals surface area contributed by atoms with Crippen LogP contribution in [0.2, 0.25) is 0 Å². The quantitative estimate of drug-likeness (QED) is 0.217. The first kappa shape index (κ1) is 26.2. The van der Waals surface area contributed by atoms with Gasteiger partial charge in [0.1, 0.15) is 38.6 Å². The molecule has 0 amide bonds. The van der Waals surface area contributed by atoms with E-state index in [4.69, 9.17) is 0 Å². The first-order valence-electron chi connectivity index (χ1n) is 11.8. The molecule has 37 heavy (non-hydrogen) atoms.